The quantitative estimate of drug-likeness (QED) is 0.211. The second-order valence-corrected chi connectivity index (χ2v) is 8.37. The molecular weight excluding hydrogens is 412 g/mol. The van der Waals surface area contributed by atoms with Crippen molar-refractivity contribution < 1.29 is 19.1 Å². The van der Waals surface area contributed by atoms with Crippen LogP contribution in [0.1, 0.15) is 25.0 Å². The molecule has 4 aromatic carbocycles. The van der Waals surface area contributed by atoms with Crippen LogP contribution in [0.2, 0.25) is 0 Å². The monoisotopic (exact) mass is 434 g/mol. The van der Waals surface area contributed by atoms with Crippen molar-refractivity contribution in [3.05, 3.63) is 108 Å². The van der Waals surface area contributed by atoms with Gasteiger partial charge >= 0.3 is 17.7 Å². The van der Waals surface area contributed by atoms with Gasteiger partial charge in [-0.2, -0.15) is 0 Å². The molecule has 1 aliphatic carbocycles. The third-order valence-electron chi connectivity index (χ3n) is 5.99. The zero-order valence-electron chi connectivity index (χ0n) is 18.5. The van der Waals surface area contributed by atoms with E-state index in [0.717, 1.165) is 32.7 Å². The number of benzene rings is 4. The summed E-state index contributed by atoms with van der Waals surface area (Å²) < 4.78 is 12.0. The molecule has 0 unspecified atom stereocenters. The van der Waals surface area contributed by atoms with Gasteiger partial charge in [-0.05, 0) is 47.5 Å². The van der Waals surface area contributed by atoms with Gasteiger partial charge in [0.1, 0.15) is 0 Å². The van der Waals surface area contributed by atoms with Crippen molar-refractivity contribution in [2.75, 3.05) is 0 Å². The fourth-order valence-corrected chi connectivity index (χ4v) is 4.45. The van der Waals surface area contributed by atoms with E-state index in [0.29, 0.717) is 11.1 Å². The van der Waals surface area contributed by atoms with Gasteiger partial charge in [-0.3, -0.25) is 0 Å². The molecule has 0 N–H and O–H groups in total. The largest absolute Gasteiger partial charge is 0.410 e. The molecule has 0 radical (unpaired) electrons. The number of hydrogen-bond donors (Lipinski definition) is 0. The zero-order chi connectivity index (χ0) is 23.3. The summed E-state index contributed by atoms with van der Waals surface area (Å²) in [5.74, 6) is -3.06. The molecule has 0 amide bonds. The third-order valence-corrected chi connectivity index (χ3v) is 5.99. The van der Waals surface area contributed by atoms with Crippen LogP contribution in [0.4, 0.5) is 0 Å². The van der Waals surface area contributed by atoms with E-state index in [1.54, 1.807) is 13.8 Å². The van der Waals surface area contributed by atoms with Gasteiger partial charge in [-0.25, -0.2) is 9.59 Å². The van der Waals surface area contributed by atoms with Crippen LogP contribution >= 0.6 is 0 Å². The Bertz CT molecular complexity index is 1390. The standard InChI is InChI=1S/C29H22O4/c1-17(2)27(30)32-29(33-28(31)18(3)4)23-15-13-19-9-5-7-11-21(19)25(23)26-22-12-8-6-10-20(22)14-16-24(26)29/h5-16H,1,3H2,2,4H3. The summed E-state index contributed by atoms with van der Waals surface area (Å²) in [5.41, 5.74) is 3.36. The molecule has 5 rings (SSSR count). The van der Waals surface area contributed by atoms with E-state index in [4.69, 9.17) is 9.47 Å². The highest BCUT2D eigenvalue weighted by atomic mass is 16.7. The first-order valence-electron chi connectivity index (χ1n) is 10.7. The second kappa shape index (κ2) is 7.45. The van der Waals surface area contributed by atoms with Gasteiger partial charge in [0, 0.05) is 33.4 Å². The molecule has 0 aliphatic heterocycles. The highest BCUT2D eigenvalue weighted by molar-refractivity contribution is 6.11. The van der Waals surface area contributed by atoms with E-state index in [2.05, 4.69) is 13.2 Å². The van der Waals surface area contributed by atoms with Crippen LogP contribution in [0, 0.1) is 0 Å². The molecule has 33 heavy (non-hydrogen) atoms. The van der Waals surface area contributed by atoms with Crippen molar-refractivity contribution in [3.63, 3.8) is 0 Å². The van der Waals surface area contributed by atoms with Crippen molar-refractivity contribution in [2.24, 2.45) is 0 Å². The Morgan fingerprint density at radius 1 is 0.636 bits per heavy atom. The summed E-state index contributed by atoms with van der Waals surface area (Å²) in [5, 5.41) is 4.02. The Balaban J connectivity index is 1.94. The van der Waals surface area contributed by atoms with Crippen LogP contribution < -0.4 is 0 Å². The van der Waals surface area contributed by atoms with Gasteiger partial charge in [0.25, 0.3) is 0 Å². The second-order valence-electron chi connectivity index (χ2n) is 8.37. The first-order valence-corrected chi connectivity index (χ1v) is 10.7. The number of hydrogen-bond acceptors (Lipinski definition) is 4. The molecule has 4 heteroatoms. The van der Waals surface area contributed by atoms with Gasteiger partial charge in [-0.1, -0.05) is 73.8 Å². The highest BCUT2D eigenvalue weighted by Gasteiger charge is 2.52. The number of rotatable bonds is 4. The van der Waals surface area contributed by atoms with Crippen LogP contribution in [0.15, 0.2) is 97.1 Å². The van der Waals surface area contributed by atoms with Crippen LogP contribution in [0.25, 0.3) is 32.7 Å². The number of fused-ring (bicyclic) bond motifs is 7. The van der Waals surface area contributed by atoms with Gasteiger partial charge in [0.15, 0.2) is 0 Å². The van der Waals surface area contributed by atoms with Crippen LogP contribution in [0.5, 0.6) is 0 Å². The first-order chi connectivity index (χ1) is 15.8. The summed E-state index contributed by atoms with van der Waals surface area (Å²) in [6, 6.07) is 23.6. The van der Waals surface area contributed by atoms with E-state index in [9.17, 15) is 9.59 Å². The number of carbonyl (C=O) groups excluding carboxylic acids is 2. The summed E-state index contributed by atoms with van der Waals surface area (Å²) in [7, 11) is 0. The molecular formula is C29H22O4. The van der Waals surface area contributed by atoms with E-state index < -0.39 is 17.7 Å². The number of ether oxygens (including phenoxy) is 2. The molecule has 0 fully saturated rings. The molecule has 0 spiro atoms. The van der Waals surface area contributed by atoms with Crippen molar-refractivity contribution in [2.45, 2.75) is 19.6 Å². The maximum Gasteiger partial charge on any atom is 0.336 e. The van der Waals surface area contributed by atoms with Crippen LogP contribution in [0.3, 0.4) is 0 Å². The minimum Gasteiger partial charge on any atom is -0.410 e. The maximum atomic E-state index is 12.9. The van der Waals surface area contributed by atoms with Gasteiger partial charge in [0.05, 0.1) is 0 Å². The van der Waals surface area contributed by atoms with Crippen molar-refractivity contribution in [1.82, 2.24) is 0 Å². The molecule has 0 saturated heterocycles. The normalized spacial score (nSPS) is 13.3. The predicted molar refractivity (Wildman–Crippen MR) is 129 cm³/mol. The molecule has 4 aromatic rings. The molecule has 162 valence electrons. The topological polar surface area (TPSA) is 52.6 Å². The van der Waals surface area contributed by atoms with Crippen molar-refractivity contribution in [3.8, 4) is 11.1 Å². The summed E-state index contributed by atoms with van der Waals surface area (Å²) in [6.07, 6.45) is 0. The Hall–Kier alpha value is -4.18. The average molecular weight is 434 g/mol. The van der Waals surface area contributed by atoms with Gasteiger partial charge in [-0.15, -0.1) is 0 Å². The molecule has 0 aromatic heterocycles. The first kappa shape index (κ1) is 20.7. The van der Waals surface area contributed by atoms with Crippen molar-refractivity contribution in [1.29, 1.82) is 0 Å². The predicted octanol–water partition coefficient (Wildman–Crippen LogP) is 6.41. The fraction of sp³-hybridized carbons (Fsp3) is 0.103. The Morgan fingerprint density at radius 3 is 1.42 bits per heavy atom. The van der Waals surface area contributed by atoms with E-state index in [1.165, 1.54) is 0 Å². The lowest BCUT2D eigenvalue weighted by Gasteiger charge is -2.31. The van der Waals surface area contributed by atoms with Crippen LogP contribution in [-0.4, -0.2) is 11.9 Å². The fourth-order valence-electron chi connectivity index (χ4n) is 4.45. The number of esters is 2. The SMILES string of the molecule is C=C(C)C(=O)OC1(OC(=O)C(=C)C)c2ccc3ccccc3c2-c2c1ccc1ccccc21. The lowest BCUT2D eigenvalue weighted by Crippen LogP contribution is -2.37. The van der Waals surface area contributed by atoms with E-state index in [-0.39, 0.29) is 11.1 Å². The molecule has 0 atom stereocenters. The van der Waals surface area contributed by atoms with Crippen molar-refractivity contribution >= 4 is 33.5 Å². The summed E-state index contributed by atoms with van der Waals surface area (Å²) >= 11 is 0. The van der Waals surface area contributed by atoms with E-state index >= 15 is 0 Å². The smallest absolute Gasteiger partial charge is 0.336 e. The summed E-state index contributed by atoms with van der Waals surface area (Å²) in [6.45, 7) is 10.6. The molecule has 0 saturated carbocycles. The van der Waals surface area contributed by atoms with E-state index in [1.807, 2.05) is 72.8 Å². The van der Waals surface area contributed by atoms with Gasteiger partial charge < -0.3 is 9.47 Å². The minimum atomic E-state index is -1.76. The zero-order valence-corrected chi connectivity index (χ0v) is 18.5. The molecule has 4 nitrogen and oxygen atoms in total. The van der Waals surface area contributed by atoms with Crippen LogP contribution in [-0.2, 0) is 24.8 Å². The molecule has 0 heterocycles. The Morgan fingerprint density at radius 2 is 1.03 bits per heavy atom. The highest BCUT2D eigenvalue weighted by Crippen LogP contribution is 2.55. The Labute approximate surface area is 191 Å². The lowest BCUT2D eigenvalue weighted by atomic mass is 9.94. The lowest BCUT2D eigenvalue weighted by molar-refractivity contribution is -0.212. The van der Waals surface area contributed by atoms with Gasteiger partial charge in [0.2, 0.25) is 0 Å². The molecule has 1 aliphatic rings. The Kier molecular flexibility index (Phi) is 4.68. The average Bonchev–Trinajstić information content (AvgIpc) is 3.09. The number of carbonyl (C=O) groups is 2. The minimum absolute atomic E-state index is 0.206. The third kappa shape index (κ3) is 3.06. The maximum absolute atomic E-state index is 12.9. The molecule has 0 bridgehead atoms. The summed E-state index contributed by atoms with van der Waals surface area (Å²) in [4.78, 5) is 25.7.